The lowest BCUT2D eigenvalue weighted by Gasteiger charge is -2.28. The van der Waals surface area contributed by atoms with Gasteiger partial charge in [-0.25, -0.2) is 4.79 Å². The summed E-state index contributed by atoms with van der Waals surface area (Å²) in [5.41, 5.74) is 0.670. The van der Waals surface area contributed by atoms with E-state index in [9.17, 15) is 9.59 Å². The van der Waals surface area contributed by atoms with Gasteiger partial charge in [0, 0.05) is 25.2 Å². The van der Waals surface area contributed by atoms with Crippen molar-refractivity contribution < 1.29 is 9.59 Å². The predicted octanol–water partition coefficient (Wildman–Crippen LogP) is 1.51. The van der Waals surface area contributed by atoms with E-state index < -0.39 is 0 Å². The number of amides is 3. The summed E-state index contributed by atoms with van der Waals surface area (Å²) in [4.78, 5) is 27.3. The summed E-state index contributed by atoms with van der Waals surface area (Å²) >= 11 is 0. The predicted molar refractivity (Wildman–Crippen MR) is 76.2 cm³/mol. The summed E-state index contributed by atoms with van der Waals surface area (Å²) in [5.74, 6) is 0.183. The Morgan fingerprint density at radius 1 is 1.25 bits per heavy atom. The fraction of sp³-hybridized carbons (Fsp3) is 0.500. The van der Waals surface area contributed by atoms with Crippen LogP contribution in [0.3, 0.4) is 0 Å². The molecule has 3 amide bonds. The number of hydrogen-bond acceptors (Lipinski definition) is 3. The highest BCUT2D eigenvalue weighted by molar-refractivity contribution is 5.89. The maximum atomic E-state index is 11.8. The molecule has 1 fully saturated rings. The first kappa shape index (κ1) is 14.3. The van der Waals surface area contributed by atoms with E-state index in [1.165, 1.54) is 0 Å². The van der Waals surface area contributed by atoms with Crippen LogP contribution in [0.5, 0.6) is 0 Å². The summed E-state index contributed by atoms with van der Waals surface area (Å²) in [5, 5.41) is 8.36. The molecule has 0 spiro atoms. The first-order chi connectivity index (χ1) is 9.69. The van der Waals surface area contributed by atoms with Gasteiger partial charge in [-0.3, -0.25) is 9.78 Å². The van der Waals surface area contributed by atoms with Crippen LogP contribution in [0.15, 0.2) is 24.5 Å². The van der Waals surface area contributed by atoms with Gasteiger partial charge >= 0.3 is 6.03 Å². The summed E-state index contributed by atoms with van der Waals surface area (Å²) in [6.07, 6.45) is 6.55. The Bertz CT molecular complexity index is 456. The normalized spacial score (nSPS) is 21.9. The van der Waals surface area contributed by atoms with Crippen LogP contribution in [-0.2, 0) is 4.79 Å². The molecule has 1 aromatic rings. The molecule has 6 nitrogen and oxygen atoms in total. The molecule has 0 saturated heterocycles. The van der Waals surface area contributed by atoms with Gasteiger partial charge in [-0.05, 0) is 37.8 Å². The summed E-state index contributed by atoms with van der Waals surface area (Å²) in [6, 6.07) is 3.47. The van der Waals surface area contributed by atoms with E-state index in [0.29, 0.717) is 5.69 Å². The van der Waals surface area contributed by atoms with Crippen molar-refractivity contribution >= 4 is 17.6 Å². The molecule has 108 valence electrons. The molecule has 20 heavy (non-hydrogen) atoms. The fourth-order valence-corrected chi connectivity index (χ4v) is 2.49. The van der Waals surface area contributed by atoms with E-state index in [0.717, 1.165) is 25.7 Å². The molecule has 2 rings (SSSR count). The number of aromatic nitrogens is 1. The maximum Gasteiger partial charge on any atom is 0.319 e. The highest BCUT2D eigenvalue weighted by Gasteiger charge is 2.26. The molecular weight excluding hydrogens is 256 g/mol. The fourth-order valence-electron chi connectivity index (χ4n) is 2.49. The lowest BCUT2D eigenvalue weighted by Crippen LogP contribution is -2.42. The van der Waals surface area contributed by atoms with Gasteiger partial charge in [0.2, 0.25) is 5.91 Å². The number of anilines is 1. The van der Waals surface area contributed by atoms with Gasteiger partial charge in [0.05, 0.1) is 11.9 Å². The average Bonchev–Trinajstić information content (AvgIpc) is 2.48. The van der Waals surface area contributed by atoms with Gasteiger partial charge in [-0.2, -0.15) is 0 Å². The van der Waals surface area contributed by atoms with Crippen LogP contribution in [0.4, 0.5) is 10.5 Å². The number of urea groups is 1. The number of carbonyl (C=O) groups excluding carboxylic acids is 2. The van der Waals surface area contributed by atoms with Crippen LogP contribution < -0.4 is 16.0 Å². The van der Waals surface area contributed by atoms with E-state index in [1.54, 1.807) is 31.6 Å². The van der Waals surface area contributed by atoms with Gasteiger partial charge < -0.3 is 16.0 Å². The zero-order chi connectivity index (χ0) is 14.4. The van der Waals surface area contributed by atoms with Gasteiger partial charge in [0.15, 0.2) is 0 Å². The number of pyridine rings is 1. The summed E-state index contributed by atoms with van der Waals surface area (Å²) < 4.78 is 0. The van der Waals surface area contributed by atoms with Crippen molar-refractivity contribution in [2.75, 3.05) is 12.4 Å². The second-order valence-electron chi connectivity index (χ2n) is 5.00. The van der Waals surface area contributed by atoms with E-state index in [2.05, 4.69) is 20.9 Å². The van der Waals surface area contributed by atoms with Crippen LogP contribution in [0.1, 0.15) is 25.7 Å². The summed E-state index contributed by atoms with van der Waals surface area (Å²) in [7, 11) is 1.66. The van der Waals surface area contributed by atoms with Crippen molar-refractivity contribution in [3.8, 4) is 0 Å². The first-order valence-corrected chi connectivity index (χ1v) is 6.88. The Morgan fingerprint density at radius 2 is 2.00 bits per heavy atom. The molecule has 0 aromatic carbocycles. The van der Waals surface area contributed by atoms with Crippen molar-refractivity contribution in [3.63, 3.8) is 0 Å². The number of nitrogens with zero attached hydrogens (tertiary/aromatic N) is 1. The van der Waals surface area contributed by atoms with Crippen LogP contribution in [0, 0.1) is 5.92 Å². The van der Waals surface area contributed by atoms with Crippen molar-refractivity contribution in [1.29, 1.82) is 0 Å². The highest BCUT2D eigenvalue weighted by Crippen LogP contribution is 2.24. The second kappa shape index (κ2) is 6.88. The molecule has 1 aliphatic rings. The van der Waals surface area contributed by atoms with E-state index in [4.69, 9.17) is 0 Å². The number of hydrogen-bond donors (Lipinski definition) is 3. The summed E-state index contributed by atoms with van der Waals surface area (Å²) in [6.45, 7) is 0. The van der Waals surface area contributed by atoms with Gasteiger partial charge in [0.1, 0.15) is 0 Å². The molecule has 0 atom stereocenters. The average molecular weight is 276 g/mol. The third-order valence-corrected chi connectivity index (χ3v) is 3.60. The highest BCUT2D eigenvalue weighted by atomic mass is 16.2. The Hall–Kier alpha value is -2.11. The lowest BCUT2D eigenvalue weighted by molar-refractivity contribution is -0.125. The lowest BCUT2D eigenvalue weighted by atomic mass is 9.85. The van der Waals surface area contributed by atoms with Gasteiger partial charge in [0.25, 0.3) is 0 Å². The topological polar surface area (TPSA) is 83.1 Å². The number of nitrogens with one attached hydrogen (secondary N) is 3. The third-order valence-electron chi connectivity index (χ3n) is 3.60. The van der Waals surface area contributed by atoms with E-state index in [-0.39, 0.29) is 23.9 Å². The molecule has 0 radical (unpaired) electrons. The molecule has 1 aliphatic carbocycles. The van der Waals surface area contributed by atoms with Crippen LogP contribution >= 0.6 is 0 Å². The minimum atomic E-state index is -0.221. The molecule has 3 N–H and O–H groups in total. The molecule has 0 aliphatic heterocycles. The van der Waals surface area contributed by atoms with Gasteiger partial charge in [-0.15, -0.1) is 0 Å². The monoisotopic (exact) mass is 276 g/mol. The number of rotatable bonds is 3. The second-order valence-corrected chi connectivity index (χ2v) is 5.00. The van der Waals surface area contributed by atoms with E-state index >= 15 is 0 Å². The Balaban J connectivity index is 1.75. The van der Waals surface area contributed by atoms with Crippen molar-refractivity contribution in [3.05, 3.63) is 24.5 Å². The van der Waals surface area contributed by atoms with Crippen LogP contribution in [-0.4, -0.2) is 30.0 Å². The minimum Gasteiger partial charge on any atom is -0.359 e. The smallest absolute Gasteiger partial charge is 0.319 e. The molecule has 0 unspecified atom stereocenters. The van der Waals surface area contributed by atoms with Gasteiger partial charge in [-0.1, -0.05) is 0 Å². The van der Waals surface area contributed by atoms with Crippen molar-refractivity contribution in [2.24, 2.45) is 5.92 Å². The molecule has 1 saturated carbocycles. The Kier molecular flexibility index (Phi) is 4.92. The molecule has 1 heterocycles. The van der Waals surface area contributed by atoms with Crippen molar-refractivity contribution in [2.45, 2.75) is 31.7 Å². The molecular formula is C14H20N4O2. The standard InChI is InChI=1S/C14H20N4O2/c1-15-13(19)10-4-6-11(7-5-10)17-14(20)18-12-3-2-8-16-9-12/h2-3,8-11H,4-7H2,1H3,(H,15,19)(H2,17,18,20). The zero-order valence-corrected chi connectivity index (χ0v) is 11.6. The Morgan fingerprint density at radius 3 is 2.60 bits per heavy atom. The molecule has 1 aromatic heterocycles. The maximum absolute atomic E-state index is 11.8. The van der Waals surface area contributed by atoms with Crippen LogP contribution in [0.2, 0.25) is 0 Å². The largest absolute Gasteiger partial charge is 0.359 e. The molecule has 6 heteroatoms. The third kappa shape index (κ3) is 3.94. The Labute approximate surface area is 118 Å². The van der Waals surface area contributed by atoms with E-state index in [1.807, 2.05) is 0 Å². The number of carbonyl (C=O) groups is 2. The van der Waals surface area contributed by atoms with Crippen molar-refractivity contribution in [1.82, 2.24) is 15.6 Å². The molecule has 0 bridgehead atoms. The minimum absolute atomic E-state index is 0.0828. The van der Waals surface area contributed by atoms with Crippen LogP contribution in [0.25, 0.3) is 0 Å². The first-order valence-electron chi connectivity index (χ1n) is 6.88. The quantitative estimate of drug-likeness (QED) is 0.782. The SMILES string of the molecule is CNC(=O)C1CCC(NC(=O)Nc2cccnc2)CC1. The zero-order valence-electron chi connectivity index (χ0n) is 11.6.